The van der Waals surface area contributed by atoms with Crippen LogP contribution in [0, 0.1) is 13.8 Å². The van der Waals surface area contributed by atoms with Crippen molar-refractivity contribution in [1.82, 2.24) is 0 Å². The van der Waals surface area contributed by atoms with Gasteiger partial charge in [0.1, 0.15) is 5.70 Å². The van der Waals surface area contributed by atoms with Gasteiger partial charge >= 0.3 is 0 Å². The Morgan fingerprint density at radius 2 is 1.59 bits per heavy atom. The van der Waals surface area contributed by atoms with Crippen molar-refractivity contribution < 1.29 is 9.59 Å². The average molecular weight is 452 g/mol. The third kappa shape index (κ3) is 3.58. The first-order valence-electron chi connectivity index (χ1n) is 11.7. The first-order valence-corrected chi connectivity index (χ1v) is 11.7. The average Bonchev–Trinajstić information content (AvgIpc) is 3.08. The maximum atomic E-state index is 14.0. The lowest BCUT2D eigenvalue weighted by Crippen LogP contribution is -2.37. The summed E-state index contributed by atoms with van der Waals surface area (Å²) in [5.41, 5.74) is 7.69. The molecule has 172 valence electrons. The van der Waals surface area contributed by atoms with Gasteiger partial charge in [0.25, 0.3) is 11.8 Å². The smallest absolute Gasteiger partial charge is 0.282 e. The van der Waals surface area contributed by atoms with Crippen LogP contribution in [0.3, 0.4) is 0 Å². The third-order valence-corrected chi connectivity index (χ3v) is 6.72. The number of imide groups is 1. The summed E-state index contributed by atoms with van der Waals surface area (Å²) in [5.74, 6) is -0.540. The highest BCUT2D eigenvalue weighted by atomic mass is 16.2. The molecule has 0 saturated carbocycles. The molecule has 2 aliphatic rings. The molecule has 0 saturated heterocycles. The topological polar surface area (TPSA) is 43.9 Å². The van der Waals surface area contributed by atoms with E-state index in [-0.39, 0.29) is 11.8 Å². The Balaban J connectivity index is 1.68. The second-order valence-corrected chi connectivity index (χ2v) is 9.28. The summed E-state index contributed by atoms with van der Waals surface area (Å²) in [5, 5.41) is 0. The molecule has 5 nitrogen and oxygen atoms in total. The van der Waals surface area contributed by atoms with E-state index in [0.29, 0.717) is 23.5 Å². The number of fused-ring (bicyclic) bond motifs is 1. The van der Waals surface area contributed by atoms with Gasteiger partial charge in [-0.1, -0.05) is 42.0 Å². The molecule has 3 aromatic carbocycles. The number of hydrogen-bond acceptors (Lipinski definition) is 4. The summed E-state index contributed by atoms with van der Waals surface area (Å²) in [6.07, 6.45) is 1.90. The molecule has 0 radical (unpaired) electrons. The molecule has 2 amide bonds. The van der Waals surface area contributed by atoms with E-state index in [2.05, 4.69) is 17.0 Å². The molecule has 0 spiro atoms. The van der Waals surface area contributed by atoms with E-state index in [1.54, 1.807) is 0 Å². The van der Waals surface area contributed by atoms with Gasteiger partial charge in [0.15, 0.2) is 0 Å². The lowest BCUT2D eigenvalue weighted by atomic mass is 9.95. The number of carbonyl (C=O) groups is 2. The molecule has 5 rings (SSSR count). The minimum absolute atomic E-state index is 0.269. The van der Waals surface area contributed by atoms with E-state index in [0.717, 1.165) is 40.9 Å². The van der Waals surface area contributed by atoms with Gasteiger partial charge in [-0.25, -0.2) is 4.90 Å². The molecule has 0 atom stereocenters. The van der Waals surface area contributed by atoms with Crippen molar-refractivity contribution in [2.75, 3.05) is 35.3 Å². The molecular formula is C29H29N3O2. The summed E-state index contributed by atoms with van der Waals surface area (Å²) >= 11 is 0. The van der Waals surface area contributed by atoms with Crippen molar-refractivity contribution in [3.63, 3.8) is 0 Å². The van der Waals surface area contributed by atoms with Crippen molar-refractivity contribution in [3.05, 3.63) is 94.7 Å². The number of nitrogens with zero attached hydrogens (tertiary/aromatic N) is 3. The Labute approximate surface area is 200 Å². The third-order valence-electron chi connectivity index (χ3n) is 6.72. The number of anilines is 3. The summed E-state index contributed by atoms with van der Waals surface area (Å²) < 4.78 is 0. The van der Waals surface area contributed by atoms with Crippen molar-refractivity contribution in [2.45, 2.75) is 26.7 Å². The fraction of sp³-hybridized carbons (Fsp3) is 0.241. The molecule has 0 aromatic heterocycles. The number of hydrogen-bond donors (Lipinski definition) is 0. The van der Waals surface area contributed by atoms with Crippen LogP contribution in [0.4, 0.5) is 17.1 Å². The molecule has 2 aliphatic heterocycles. The van der Waals surface area contributed by atoms with Gasteiger partial charge in [0, 0.05) is 32.0 Å². The zero-order chi connectivity index (χ0) is 24.0. The standard InChI is InChI=1S/C29H29N3O2/c1-19-11-16-24(20(2)18-19)26-27(31-17-7-9-21-8-5-6-10-25(21)31)29(34)32(28(26)33)23-14-12-22(13-15-23)30(3)4/h5-6,8,10-16,18H,7,9,17H2,1-4H3. The fourth-order valence-corrected chi connectivity index (χ4v) is 5.01. The van der Waals surface area contributed by atoms with Gasteiger partial charge in [-0.2, -0.15) is 0 Å². The second kappa shape index (κ2) is 8.49. The summed E-state index contributed by atoms with van der Waals surface area (Å²) in [4.78, 5) is 33.3. The first-order chi connectivity index (χ1) is 16.4. The van der Waals surface area contributed by atoms with Crippen LogP contribution in [0.1, 0.15) is 28.7 Å². The van der Waals surface area contributed by atoms with Crippen molar-refractivity contribution in [3.8, 4) is 0 Å². The van der Waals surface area contributed by atoms with Gasteiger partial charge in [-0.3, -0.25) is 9.59 Å². The van der Waals surface area contributed by atoms with Gasteiger partial charge in [-0.15, -0.1) is 0 Å². The predicted molar refractivity (Wildman–Crippen MR) is 138 cm³/mol. The Kier molecular flexibility index (Phi) is 5.48. The molecule has 5 heteroatoms. The summed E-state index contributed by atoms with van der Waals surface area (Å²) in [6.45, 7) is 4.74. The van der Waals surface area contributed by atoms with Crippen LogP contribution in [0.25, 0.3) is 5.57 Å². The largest absolute Gasteiger partial charge is 0.378 e. The Morgan fingerprint density at radius 1 is 0.853 bits per heavy atom. The molecular weight excluding hydrogens is 422 g/mol. The number of benzene rings is 3. The van der Waals surface area contributed by atoms with Crippen LogP contribution >= 0.6 is 0 Å². The highest BCUT2D eigenvalue weighted by Crippen LogP contribution is 2.40. The highest BCUT2D eigenvalue weighted by Gasteiger charge is 2.44. The van der Waals surface area contributed by atoms with Crippen LogP contribution in [0.5, 0.6) is 0 Å². The number of aryl methyl sites for hydroxylation is 3. The molecule has 0 unspecified atom stereocenters. The quantitative estimate of drug-likeness (QED) is 0.517. The van der Waals surface area contributed by atoms with Gasteiger partial charge in [0.2, 0.25) is 0 Å². The Morgan fingerprint density at radius 3 is 2.29 bits per heavy atom. The molecule has 0 bridgehead atoms. The van der Waals surface area contributed by atoms with Gasteiger partial charge in [0.05, 0.1) is 11.3 Å². The molecule has 2 heterocycles. The number of carbonyl (C=O) groups excluding carboxylic acids is 2. The van der Waals surface area contributed by atoms with Crippen LogP contribution < -0.4 is 14.7 Å². The van der Waals surface area contributed by atoms with Gasteiger partial charge in [-0.05, 0) is 73.7 Å². The van der Waals surface area contributed by atoms with Crippen molar-refractivity contribution in [2.24, 2.45) is 0 Å². The van der Waals surface area contributed by atoms with Crippen LogP contribution in [-0.4, -0.2) is 32.5 Å². The minimum Gasteiger partial charge on any atom is -0.378 e. The van der Waals surface area contributed by atoms with E-state index in [9.17, 15) is 9.59 Å². The number of para-hydroxylation sites is 1. The van der Waals surface area contributed by atoms with E-state index in [1.165, 1.54) is 10.5 Å². The lowest BCUT2D eigenvalue weighted by Gasteiger charge is -2.32. The summed E-state index contributed by atoms with van der Waals surface area (Å²) in [6, 6.07) is 21.8. The summed E-state index contributed by atoms with van der Waals surface area (Å²) in [7, 11) is 3.93. The second-order valence-electron chi connectivity index (χ2n) is 9.28. The predicted octanol–water partition coefficient (Wildman–Crippen LogP) is 5.11. The molecule has 34 heavy (non-hydrogen) atoms. The van der Waals surface area contributed by atoms with Crippen molar-refractivity contribution in [1.29, 1.82) is 0 Å². The normalized spacial score (nSPS) is 15.8. The minimum atomic E-state index is -0.271. The first kappa shape index (κ1) is 22.0. The van der Waals surface area contributed by atoms with E-state index in [4.69, 9.17) is 0 Å². The van der Waals surface area contributed by atoms with E-state index >= 15 is 0 Å². The van der Waals surface area contributed by atoms with Crippen molar-refractivity contribution >= 4 is 34.4 Å². The number of rotatable bonds is 4. The number of amides is 2. The highest BCUT2D eigenvalue weighted by molar-refractivity contribution is 6.46. The van der Waals surface area contributed by atoms with Crippen LogP contribution in [-0.2, 0) is 16.0 Å². The zero-order valence-corrected chi connectivity index (χ0v) is 20.1. The Bertz CT molecular complexity index is 1320. The van der Waals surface area contributed by atoms with Crippen LogP contribution in [0.2, 0.25) is 0 Å². The molecule has 3 aromatic rings. The molecule has 0 aliphatic carbocycles. The SMILES string of the molecule is Cc1ccc(C2=C(N3CCCc4ccccc43)C(=O)N(c3ccc(N(C)C)cc3)C2=O)c(C)c1. The molecule has 0 fully saturated rings. The monoisotopic (exact) mass is 451 g/mol. The lowest BCUT2D eigenvalue weighted by molar-refractivity contribution is -0.120. The van der Waals surface area contributed by atoms with Gasteiger partial charge < -0.3 is 9.80 Å². The molecule has 0 N–H and O–H groups in total. The Hall–Kier alpha value is -3.86. The van der Waals surface area contributed by atoms with E-state index < -0.39 is 0 Å². The zero-order valence-electron chi connectivity index (χ0n) is 20.1. The maximum Gasteiger partial charge on any atom is 0.282 e. The van der Waals surface area contributed by atoms with E-state index in [1.807, 2.05) is 87.4 Å². The fourth-order valence-electron chi connectivity index (χ4n) is 5.01. The van der Waals surface area contributed by atoms with Crippen LogP contribution in [0.15, 0.2) is 72.4 Å². The maximum absolute atomic E-state index is 14.0.